The van der Waals surface area contributed by atoms with E-state index in [9.17, 15) is 14.4 Å². The highest BCUT2D eigenvalue weighted by Crippen LogP contribution is 2.35. The molecule has 9 nitrogen and oxygen atoms in total. The first-order valence-electron chi connectivity index (χ1n) is 16.1. The third-order valence-electron chi connectivity index (χ3n) is 8.11. The Labute approximate surface area is 272 Å². The number of ether oxygens (including phenoxy) is 3. The molecule has 1 aliphatic heterocycles. The molecule has 0 spiro atoms. The highest BCUT2D eigenvalue weighted by molar-refractivity contribution is 5.97. The number of methoxy groups -OCH3 is 1. The number of hydrazine groups is 1. The van der Waals surface area contributed by atoms with Gasteiger partial charge in [0, 0.05) is 23.1 Å². The fourth-order valence-electron chi connectivity index (χ4n) is 5.06. The molecule has 246 valence electrons. The van der Waals surface area contributed by atoms with Crippen LogP contribution in [0.3, 0.4) is 0 Å². The first-order chi connectivity index (χ1) is 22.0. The summed E-state index contributed by atoms with van der Waals surface area (Å²) in [4.78, 5) is 38.3. The van der Waals surface area contributed by atoms with E-state index in [0.29, 0.717) is 24.3 Å². The van der Waals surface area contributed by atoms with Crippen molar-refractivity contribution in [2.24, 2.45) is 0 Å². The summed E-state index contributed by atoms with van der Waals surface area (Å²) in [5.74, 6) is -0.428. The molecule has 1 saturated heterocycles. The molecule has 0 bridgehead atoms. The normalized spacial score (nSPS) is 16.3. The van der Waals surface area contributed by atoms with Crippen LogP contribution in [0.25, 0.3) is 0 Å². The molecular weight excluding hydrogens is 582 g/mol. The van der Waals surface area contributed by atoms with Gasteiger partial charge in [-0.2, -0.15) is 5.43 Å². The minimum Gasteiger partial charge on any atom is -0.494 e. The van der Waals surface area contributed by atoms with Gasteiger partial charge in [0.15, 0.2) is 5.72 Å². The van der Waals surface area contributed by atoms with Crippen LogP contribution < -0.4 is 20.9 Å². The number of unbranched alkanes of at least 4 members (excludes halogenated alkanes) is 4. The van der Waals surface area contributed by atoms with Crippen molar-refractivity contribution in [3.05, 3.63) is 101 Å². The third kappa shape index (κ3) is 9.64. The number of benzene rings is 3. The molecule has 1 fully saturated rings. The minimum absolute atomic E-state index is 0.0321. The zero-order chi connectivity index (χ0) is 33.2. The summed E-state index contributed by atoms with van der Waals surface area (Å²) in [5.41, 5.74) is 8.61. The SMILES string of the molecule is CCCCCCCOc1ccc(C(=O)NNC2(c3ccc(C[C@H](NC(=O)c4ccc(C(C)(C)C)cc4)C(=O)OC)cc3)CO2)cc1. The summed E-state index contributed by atoms with van der Waals surface area (Å²) in [6, 6.07) is 21.1. The molecule has 0 radical (unpaired) electrons. The van der Waals surface area contributed by atoms with Gasteiger partial charge < -0.3 is 19.5 Å². The maximum atomic E-state index is 13.0. The van der Waals surface area contributed by atoms with E-state index in [1.54, 1.807) is 36.4 Å². The largest absolute Gasteiger partial charge is 0.494 e. The van der Waals surface area contributed by atoms with Gasteiger partial charge in [-0.05, 0) is 59.4 Å². The van der Waals surface area contributed by atoms with Crippen molar-refractivity contribution in [3.63, 3.8) is 0 Å². The van der Waals surface area contributed by atoms with Crippen molar-refractivity contribution in [1.29, 1.82) is 0 Å². The summed E-state index contributed by atoms with van der Waals surface area (Å²) in [6.45, 7) is 9.57. The first kappa shape index (κ1) is 34.7. The summed E-state index contributed by atoms with van der Waals surface area (Å²) in [6.07, 6.45) is 6.12. The maximum absolute atomic E-state index is 13.0. The molecule has 0 aliphatic carbocycles. The second-order valence-electron chi connectivity index (χ2n) is 12.8. The molecule has 4 rings (SSSR count). The molecular formula is C37H47N3O6. The number of rotatable bonds is 16. The van der Waals surface area contributed by atoms with Crippen molar-refractivity contribution in [2.75, 3.05) is 20.3 Å². The summed E-state index contributed by atoms with van der Waals surface area (Å²) >= 11 is 0. The molecule has 1 unspecified atom stereocenters. The van der Waals surface area contributed by atoms with Crippen molar-refractivity contribution in [2.45, 2.75) is 83.4 Å². The van der Waals surface area contributed by atoms with E-state index in [4.69, 9.17) is 14.2 Å². The average molecular weight is 630 g/mol. The molecule has 3 aromatic carbocycles. The Morgan fingerprint density at radius 3 is 2.04 bits per heavy atom. The van der Waals surface area contributed by atoms with E-state index in [1.165, 1.54) is 26.4 Å². The van der Waals surface area contributed by atoms with E-state index in [1.807, 2.05) is 36.4 Å². The van der Waals surface area contributed by atoms with Crippen molar-refractivity contribution < 1.29 is 28.6 Å². The van der Waals surface area contributed by atoms with Crippen LogP contribution >= 0.6 is 0 Å². The third-order valence-corrected chi connectivity index (χ3v) is 8.11. The van der Waals surface area contributed by atoms with Crippen LogP contribution in [0, 0.1) is 0 Å². The highest BCUT2D eigenvalue weighted by atomic mass is 16.6. The Balaban J connectivity index is 1.29. The highest BCUT2D eigenvalue weighted by Gasteiger charge is 2.47. The second kappa shape index (κ2) is 15.9. The van der Waals surface area contributed by atoms with Crippen LogP contribution in [-0.2, 0) is 31.8 Å². The quantitative estimate of drug-likeness (QED) is 0.0774. The molecule has 2 atom stereocenters. The van der Waals surface area contributed by atoms with Gasteiger partial charge in [-0.15, -0.1) is 0 Å². The number of amides is 2. The van der Waals surface area contributed by atoms with Crippen LogP contribution in [0.4, 0.5) is 0 Å². The average Bonchev–Trinajstić information content (AvgIpc) is 3.86. The lowest BCUT2D eigenvalue weighted by atomic mass is 9.86. The predicted molar refractivity (Wildman–Crippen MR) is 177 cm³/mol. The van der Waals surface area contributed by atoms with Crippen molar-refractivity contribution >= 4 is 17.8 Å². The lowest BCUT2D eigenvalue weighted by Crippen LogP contribution is -2.45. The number of nitrogens with one attached hydrogen (secondary N) is 3. The van der Waals surface area contributed by atoms with Crippen LogP contribution in [0.15, 0.2) is 72.8 Å². The van der Waals surface area contributed by atoms with Gasteiger partial charge in [0.25, 0.3) is 11.8 Å². The van der Waals surface area contributed by atoms with Gasteiger partial charge in [0.2, 0.25) is 0 Å². The lowest BCUT2D eigenvalue weighted by molar-refractivity contribution is -0.142. The molecule has 3 aromatic rings. The standard InChI is InChI=1S/C37H47N3O6/c1-6-7-8-9-10-23-45-31-21-15-28(16-22-31)34(42)39-40-37(25-46-37)30-17-11-26(12-18-30)24-32(35(43)44-5)38-33(41)27-13-19-29(20-14-27)36(2,3)4/h11-22,32,40H,6-10,23-25H2,1-5H3,(H,38,41)(H,39,42)/t32-,37?/m0/s1. The zero-order valence-electron chi connectivity index (χ0n) is 27.6. The van der Waals surface area contributed by atoms with Crippen molar-refractivity contribution in [3.8, 4) is 5.75 Å². The topological polar surface area (TPSA) is 118 Å². The summed E-state index contributed by atoms with van der Waals surface area (Å²) < 4.78 is 16.5. The van der Waals surface area contributed by atoms with Gasteiger partial charge in [0.05, 0.1) is 20.3 Å². The molecule has 0 saturated carbocycles. The second-order valence-corrected chi connectivity index (χ2v) is 12.8. The molecule has 1 aliphatic rings. The van der Waals surface area contributed by atoms with E-state index in [2.05, 4.69) is 43.9 Å². The number of hydrogen-bond donors (Lipinski definition) is 3. The van der Waals surface area contributed by atoms with Gasteiger partial charge in [0.1, 0.15) is 11.8 Å². The van der Waals surface area contributed by atoms with E-state index >= 15 is 0 Å². The number of esters is 1. The molecule has 9 heteroatoms. The number of hydrogen-bond acceptors (Lipinski definition) is 7. The van der Waals surface area contributed by atoms with Crippen LogP contribution in [0.1, 0.15) is 97.2 Å². The van der Waals surface area contributed by atoms with Gasteiger partial charge >= 0.3 is 5.97 Å². The summed E-state index contributed by atoms with van der Waals surface area (Å²) in [7, 11) is 1.30. The van der Waals surface area contributed by atoms with Crippen LogP contribution in [-0.4, -0.2) is 44.1 Å². The number of carbonyl (C=O) groups is 3. The van der Waals surface area contributed by atoms with E-state index < -0.39 is 17.7 Å². The fraction of sp³-hybridized carbons (Fsp3) is 0.432. The lowest BCUT2D eigenvalue weighted by Gasteiger charge is -2.20. The number of epoxide rings is 1. The maximum Gasteiger partial charge on any atom is 0.328 e. The predicted octanol–water partition coefficient (Wildman–Crippen LogP) is 5.97. The smallest absolute Gasteiger partial charge is 0.328 e. The van der Waals surface area contributed by atoms with E-state index in [0.717, 1.165) is 35.3 Å². The minimum atomic E-state index is -0.864. The van der Waals surface area contributed by atoms with Crippen molar-refractivity contribution in [1.82, 2.24) is 16.2 Å². The monoisotopic (exact) mass is 629 g/mol. The molecule has 1 heterocycles. The van der Waals surface area contributed by atoms with Gasteiger partial charge in [-0.25, -0.2) is 4.79 Å². The van der Waals surface area contributed by atoms with Crippen LogP contribution in [0.2, 0.25) is 0 Å². The molecule has 3 N–H and O–H groups in total. The van der Waals surface area contributed by atoms with E-state index in [-0.39, 0.29) is 23.7 Å². The number of carbonyl (C=O) groups excluding carboxylic acids is 3. The Bertz CT molecular complexity index is 1440. The Kier molecular flexibility index (Phi) is 12.0. The summed E-state index contributed by atoms with van der Waals surface area (Å²) in [5, 5.41) is 2.81. The Morgan fingerprint density at radius 2 is 1.46 bits per heavy atom. The first-order valence-corrected chi connectivity index (χ1v) is 16.1. The fourth-order valence-corrected chi connectivity index (χ4v) is 5.06. The Hall–Kier alpha value is -4.21. The van der Waals surface area contributed by atoms with Crippen LogP contribution in [0.5, 0.6) is 5.75 Å². The van der Waals surface area contributed by atoms with Gasteiger partial charge in [-0.3, -0.25) is 15.0 Å². The Morgan fingerprint density at radius 1 is 0.848 bits per heavy atom. The molecule has 0 aromatic heterocycles. The molecule has 46 heavy (non-hydrogen) atoms. The van der Waals surface area contributed by atoms with Gasteiger partial charge in [-0.1, -0.05) is 89.8 Å². The zero-order valence-corrected chi connectivity index (χ0v) is 27.6. The molecule has 2 amide bonds.